The van der Waals surface area contributed by atoms with Gasteiger partial charge in [0.25, 0.3) is 0 Å². The number of H-pyrrole nitrogens is 2. The van der Waals surface area contributed by atoms with Crippen LogP contribution in [0.1, 0.15) is 24.1 Å². The van der Waals surface area contributed by atoms with Crippen LogP contribution in [0.2, 0.25) is 0 Å². The van der Waals surface area contributed by atoms with E-state index in [1.165, 1.54) is 12.1 Å². The Morgan fingerprint density at radius 2 is 1.79 bits per heavy atom. The maximum absolute atomic E-state index is 12.9. The smallest absolute Gasteiger partial charge is 0.382 e. The monoisotopic (exact) mass is 523 g/mol. The number of nitrogens with zero attached hydrogens (tertiary/aromatic N) is 3. The third kappa shape index (κ3) is 6.29. The molecule has 0 amide bonds. The van der Waals surface area contributed by atoms with Crippen LogP contribution in [-0.2, 0) is 17.5 Å². The lowest BCUT2D eigenvalue weighted by Crippen LogP contribution is -2.16. The van der Waals surface area contributed by atoms with Gasteiger partial charge in [0.15, 0.2) is 0 Å². The predicted molar refractivity (Wildman–Crippen MR) is 141 cm³/mol. The molecule has 0 aliphatic carbocycles. The van der Waals surface area contributed by atoms with Crippen molar-refractivity contribution in [3.8, 4) is 11.1 Å². The average molecular weight is 524 g/mol. The van der Waals surface area contributed by atoms with Crippen LogP contribution in [0.4, 0.5) is 18.9 Å². The minimum absolute atomic E-state index is 0.563. The highest BCUT2D eigenvalue weighted by atomic mass is 19.4. The lowest BCUT2D eigenvalue weighted by atomic mass is 10.1. The van der Waals surface area contributed by atoms with Crippen LogP contribution in [-0.4, -0.2) is 51.7 Å². The van der Waals surface area contributed by atoms with Gasteiger partial charge >= 0.3 is 6.18 Å². The molecule has 0 atom stereocenters. The molecule has 0 aliphatic heterocycles. The Morgan fingerprint density at radius 1 is 0.868 bits per heavy atom. The fourth-order valence-corrected chi connectivity index (χ4v) is 4.33. The molecular formula is C27H28F3N7O. The predicted octanol–water partition coefficient (Wildman–Crippen LogP) is 5.52. The van der Waals surface area contributed by atoms with Crippen LogP contribution in [0.15, 0.2) is 61.1 Å². The number of hydrogen-bond donors (Lipinski definition) is 4. The number of aromatic amines is 2. The number of unbranched alkanes of at least 4 members (excludes halogenated alkanes) is 1. The highest BCUT2D eigenvalue weighted by molar-refractivity contribution is 5.95. The van der Waals surface area contributed by atoms with Crippen LogP contribution in [0.3, 0.4) is 0 Å². The molecule has 3 aromatic heterocycles. The number of ether oxygens (including phenoxy) is 1. The fourth-order valence-electron chi connectivity index (χ4n) is 4.33. The Balaban J connectivity index is 0.994. The van der Waals surface area contributed by atoms with Crippen molar-refractivity contribution in [1.82, 2.24) is 30.7 Å². The van der Waals surface area contributed by atoms with E-state index < -0.39 is 11.7 Å². The standard InChI is InChI=1S/C27H28F3N7O/c28-27(29,30)21-3-4-24-20(11-21)12-22(36-24)16-31-6-1-2-9-38-10-8-32-25-13-19(18-5-7-33-34-15-18)14-26-23(25)17-35-37-26/h3-5,7,11-15,17,31-32,36H,1-2,6,8-10,16H2,(H,35,37). The van der Waals surface area contributed by atoms with E-state index >= 15 is 0 Å². The molecule has 0 saturated heterocycles. The van der Waals surface area contributed by atoms with Crippen LogP contribution in [0.5, 0.6) is 0 Å². The third-order valence-electron chi connectivity index (χ3n) is 6.25. The molecule has 0 aliphatic rings. The molecule has 11 heteroatoms. The Labute approximate surface area is 217 Å². The summed E-state index contributed by atoms with van der Waals surface area (Å²) in [6, 6.07) is 11.5. The summed E-state index contributed by atoms with van der Waals surface area (Å²) in [4.78, 5) is 3.16. The first-order valence-electron chi connectivity index (χ1n) is 12.4. The Kier molecular flexibility index (Phi) is 7.85. The van der Waals surface area contributed by atoms with E-state index in [2.05, 4.69) is 42.1 Å². The Bertz CT molecular complexity index is 1480. The number of anilines is 1. The molecule has 198 valence electrons. The van der Waals surface area contributed by atoms with E-state index in [4.69, 9.17) is 4.74 Å². The van der Waals surface area contributed by atoms with Crippen molar-refractivity contribution < 1.29 is 17.9 Å². The number of rotatable bonds is 12. The number of halogens is 3. The van der Waals surface area contributed by atoms with Crippen LogP contribution in [0, 0.1) is 0 Å². The van der Waals surface area contributed by atoms with Gasteiger partial charge in [0, 0.05) is 52.9 Å². The average Bonchev–Trinajstić information content (AvgIpc) is 3.56. The van der Waals surface area contributed by atoms with E-state index in [1.807, 2.05) is 12.1 Å². The zero-order valence-corrected chi connectivity index (χ0v) is 20.6. The van der Waals surface area contributed by atoms with Crippen molar-refractivity contribution in [3.63, 3.8) is 0 Å². The Hall–Kier alpha value is -3.96. The van der Waals surface area contributed by atoms with Crippen LogP contribution < -0.4 is 10.6 Å². The quantitative estimate of drug-likeness (QED) is 0.161. The largest absolute Gasteiger partial charge is 0.416 e. The van der Waals surface area contributed by atoms with Crippen molar-refractivity contribution >= 4 is 27.5 Å². The third-order valence-corrected chi connectivity index (χ3v) is 6.25. The number of nitrogens with one attached hydrogen (secondary N) is 4. The normalized spacial score (nSPS) is 12.0. The molecule has 0 radical (unpaired) electrons. The SMILES string of the molecule is FC(F)(F)c1ccc2[nH]c(CNCCCCOCCNc3cc(-c4ccnnc4)cc4[nH]ncc34)cc2c1. The number of benzene rings is 2. The fraction of sp³-hybridized carbons (Fsp3) is 0.296. The number of alkyl halides is 3. The summed E-state index contributed by atoms with van der Waals surface area (Å²) in [5.74, 6) is 0. The van der Waals surface area contributed by atoms with E-state index in [9.17, 15) is 13.2 Å². The maximum Gasteiger partial charge on any atom is 0.416 e. The van der Waals surface area contributed by atoms with E-state index in [0.717, 1.165) is 58.9 Å². The second-order valence-electron chi connectivity index (χ2n) is 9.00. The van der Waals surface area contributed by atoms with Gasteiger partial charge in [-0.25, -0.2) is 0 Å². The van der Waals surface area contributed by atoms with Crippen molar-refractivity contribution in [2.75, 3.05) is 31.6 Å². The summed E-state index contributed by atoms with van der Waals surface area (Å²) in [7, 11) is 0. The van der Waals surface area contributed by atoms with Gasteiger partial charge in [-0.3, -0.25) is 5.10 Å². The number of fused-ring (bicyclic) bond motifs is 2. The molecule has 0 fully saturated rings. The molecular weight excluding hydrogens is 495 g/mol. The highest BCUT2D eigenvalue weighted by Crippen LogP contribution is 2.32. The molecule has 8 nitrogen and oxygen atoms in total. The number of hydrogen-bond acceptors (Lipinski definition) is 6. The van der Waals surface area contributed by atoms with Crippen LogP contribution in [0.25, 0.3) is 32.9 Å². The first-order valence-corrected chi connectivity index (χ1v) is 12.4. The minimum atomic E-state index is -4.34. The van der Waals surface area contributed by atoms with Crippen molar-refractivity contribution in [1.29, 1.82) is 0 Å². The summed E-state index contributed by atoms with van der Waals surface area (Å²) in [5, 5.41) is 23.3. The van der Waals surface area contributed by atoms with Gasteiger partial charge in [-0.05, 0) is 67.4 Å². The first kappa shape index (κ1) is 25.7. The molecule has 0 bridgehead atoms. The van der Waals surface area contributed by atoms with Gasteiger partial charge in [-0.15, -0.1) is 0 Å². The van der Waals surface area contributed by atoms with Gasteiger partial charge in [-0.1, -0.05) is 0 Å². The van der Waals surface area contributed by atoms with Crippen molar-refractivity contribution in [3.05, 3.63) is 72.3 Å². The summed E-state index contributed by atoms with van der Waals surface area (Å²) >= 11 is 0. The van der Waals surface area contributed by atoms with Gasteiger partial charge < -0.3 is 20.4 Å². The van der Waals surface area contributed by atoms with E-state index in [-0.39, 0.29) is 0 Å². The second-order valence-corrected chi connectivity index (χ2v) is 9.00. The second kappa shape index (κ2) is 11.6. The van der Waals surface area contributed by atoms with Crippen LogP contribution >= 0.6 is 0 Å². The molecule has 2 aromatic carbocycles. The van der Waals surface area contributed by atoms with Gasteiger partial charge in [0.05, 0.1) is 36.3 Å². The zero-order chi connectivity index (χ0) is 26.4. The molecule has 4 N–H and O–H groups in total. The maximum atomic E-state index is 12.9. The lowest BCUT2D eigenvalue weighted by Gasteiger charge is -2.11. The zero-order valence-electron chi connectivity index (χ0n) is 20.6. The molecule has 3 heterocycles. The molecule has 0 saturated carbocycles. The van der Waals surface area contributed by atoms with Gasteiger partial charge in [0.2, 0.25) is 0 Å². The van der Waals surface area contributed by atoms with Crippen molar-refractivity contribution in [2.24, 2.45) is 0 Å². The summed E-state index contributed by atoms with van der Waals surface area (Å²) < 4.78 is 44.5. The number of aromatic nitrogens is 5. The van der Waals surface area contributed by atoms with Crippen molar-refractivity contribution in [2.45, 2.75) is 25.6 Å². The summed E-state index contributed by atoms with van der Waals surface area (Å²) in [5.41, 5.74) is 4.83. The lowest BCUT2D eigenvalue weighted by molar-refractivity contribution is -0.137. The Morgan fingerprint density at radius 3 is 2.63 bits per heavy atom. The van der Waals surface area contributed by atoms with E-state index in [0.29, 0.717) is 37.2 Å². The molecule has 5 rings (SSSR count). The molecule has 5 aromatic rings. The first-order chi connectivity index (χ1) is 18.5. The summed E-state index contributed by atoms with van der Waals surface area (Å²) in [6.07, 6.45) is 2.70. The van der Waals surface area contributed by atoms with Gasteiger partial charge in [0.1, 0.15) is 0 Å². The minimum Gasteiger partial charge on any atom is -0.382 e. The molecule has 38 heavy (non-hydrogen) atoms. The van der Waals surface area contributed by atoms with Gasteiger partial charge in [-0.2, -0.15) is 28.5 Å². The highest BCUT2D eigenvalue weighted by Gasteiger charge is 2.30. The van der Waals surface area contributed by atoms with E-state index in [1.54, 1.807) is 24.7 Å². The molecule has 0 spiro atoms. The topological polar surface area (TPSA) is 104 Å². The summed E-state index contributed by atoms with van der Waals surface area (Å²) in [6.45, 7) is 3.24. The molecule has 0 unspecified atom stereocenters.